The van der Waals surface area contributed by atoms with Crippen LogP contribution in [-0.2, 0) is 10.8 Å². The number of hydrogen-bond donors (Lipinski definition) is 0. The number of hydrogen-bond acceptors (Lipinski definition) is 2. The van der Waals surface area contributed by atoms with Crippen LogP contribution in [0.2, 0.25) is 0 Å². The lowest BCUT2D eigenvalue weighted by Crippen LogP contribution is -2.36. The maximum atomic E-state index is 2.49. The molecular formula is C62H42N2S. The van der Waals surface area contributed by atoms with Gasteiger partial charge in [-0.15, -0.1) is 0 Å². The van der Waals surface area contributed by atoms with Crippen molar-refractivity contribution >= 4 is 61.4 Å². The van der Waals surface area contributed by atoms with Crippen molar-refractivity contribution in [2.24, 2.45) is 0 Å². The van der Waals surface area contributed by atoms with E-state index in [4.69, 9.17) is 0 Å². The molecule has 1 aromatic heterocycles. The Morgan fingerprint density at radius 1 is 0.385 bits per heavy atom. The average molecular weight is 847 g/mol. The summed E-state index contributed by atoms with van der Waals surface area (Å²) in [4.78, 5) is 5.10. The quantitative estimate of drug-likeness (QED) is 0.174. The van der Waals surface area contributed by atoms with Gasteiger partial charge in [-0.2, -0.15) is 0 Å². The lowest BCUT2D eigenvalue weighted by Gasteiger charge is -2.46. The number of para-hydroxylation sites is 2. The van der Waals surface area contributed by atoms with Gasteiger partial charge in [-0.1, -0.05) is 183 Å². The van der Waals surface area contributed by atoms with Crippen LogP contribution >= 0.6 is 11.8 Å². The molecule has 0 fully saturated rings. The van der Waals surface area contributed by atoms with Gasteiger partial charge < -0.3 is 9.47 Å². The third-order valence-electron chi connectivity index (χ3n) is 14.8. The van der Waals surface area contributed by atoms with Gasteiger partial charge in [0, 0.05) is 48.4 Å². The Morgan fingerprint density at radius 3 is 1.75 bits per heavy atom. The standard InChI is InChI=1S/C62H42N2S/c1-61(2)49-23-9-6-19-42(49)44-33-31-40(37-54(44)61)64-55-28-13-8-21-45(55)46-34-32-41(38-57(46)64)63(39-17-4-3-5-18-39)56-36-35-47-43-20-7-10-24-50(43)62(53-27-16-22-48(56)60(47)53)51-25-11-14-29-58(51)65-59-30-15-12-26-52(59)62/h3-38H,1-2H3. The highest BCUT2D eigenvalue weighted by molar-refractivity contribution is 7.99. The van der Waals surface area contributed by atoms with E-state index >= 15 is 0 Å². The molecule has 65 heavy (non-hydrogen) atoms. The van der Waals surface area contributed by atoms with Crippen molar-refractivity contribution in [3.63, 3.8) is 0 Å². The molecule has 2 aliphatic carbocycles. The molecule has 11 aromatic rings. The first-order chi connectivity index (χ1) is 32.0. The topological polar surface area (TPSA) is 8.17 Å². The second-order valence-electron chi connectivity index (χ2n) is 18.4. The molecule has 14 rings (SSSR count). The summed E-state index contributed by atoms with van der Waals surface area (Å²) in [7, 11) is 0. The molecule has 3 aliphatic rings. The Kier molecular flexibility index (Phi) is 7.63. The van der Waals surface area contributed by atoms with E-state index in [1.54, 1.807) is 0 Å². The predicted octanol–water partition coefficient (Wildman–Crippen LogP) is 16.5. The smallest absolute Gasteiger partial charge is 0.0735 e. The fraction of sp³-hybridized carbons (Fsp3) is 0.0645. The third kappa shape index (κ3) is 4.91. The molecule has 306 valence electrons. The minimum atomic E-state index is -0.497. The van der Waals surface area contributed by atoms with Crippen LogP contribution in [-0.4, -0.2) is 4.57 Å². The highest BCUT2D eigenvalue weighted by Crippen LogP contribution is 2.62. The molecule has 0 unspecified atom stereocenters. The maximum Gasteiger partial charge on any atom is 0.0735 e. The number of fused-ring (bicyclic) bond motifs is 14. The van der Waals surface area contributed by atoms with Gasteiger partial charge in [-0.3, -0.25) is 0 Å². The summed E-state index contributed by atoms with van der Waals surface area (Å²) in [6.07, 6.45) is 0. The minimum Gasteiger partial charge on any atom is -0.310 e. The van der Waals surface area contributed by atoms with Crippen LogP contribution in [0.3, 0.4) is 0 Å². The van der Waals surface area contributed by atoms with Crippen molar-refractivity contribution in [1.29, 1.82) is 0 Å². The first-order valence-corrected chi connectivity index (χ1v) is 23.5. The molecular weight excluding hydrogens is 805 g/mol. The first-order valence-electron chi connectivity index (χ1n) is 22.7. The maximum absolute atomic E-state index is 2.49. The largest absolute Gasteiger partial charge is 0.310 e. The summed E-state index contributed by atoms with van der Waals surface area (Å²) in [6.45, 7) is 4.74. The van der Waals surface area contributed by atoms with E-state index < -0.39 is 5.41 Å². The Hall–Kier alpha value is -7.59. The molecule has 0 amide bonds. The van der Waals surface area contributed by atoms with Gasteiger partial charge in [0.05, 0.1) is 22.1 Å². The molecule has 2 heterocycles. The van der Waals surface area contributed by atoms with E-state index in [9.17, 15) is 0 Å². The Balaban J connectivity index is 1.03. The summed E-state index contributed by atoms with van der Waals surface area (Å²) in [6, 6.07) is 82.1. The fourth-order valence-electron chi connectivity index (χ4n) is 12.1. The summed E-state index contributed by atoms with van der Waals surface area (Å²) in [5.41, 5.74) is 19.7. The molecule has 0 bridgehead atoms. The van der Waals surface area contributed by atoms with Crippen molar-refractivity contribution < 1.29 is 0 Å². The predicted molar refractivity (Wildman–Crippen MR) is 272 cm³/mol. The van der Waals surface area contributed by atoms with E-state index in [1.165, 1.54) is 104 Å². The zero-order valence-corrected chi connectivity index (χ0v) is 36.9. The number of anilines is 3. The molecule has 0 saturated carbocycles. The zero-order chi connectivity index (χ0) is 43.0. The summed E-state index contributed by atoms with van der Waals surface area (Å²) in [5, 5.41) is 5.02. The van der Waals surface area contributed by atoms with E-state index in [-0.39, 0.29) is 5.41 Å². The van der Waals surface area contributed by atoms with Crippen molar-refractivity contribution in [3.8, 4) is 27.9 Å². The molecule has 0 radical (unpaired) electrons. The van der Waals surface area contributed by atoms with Crippen molar-refractivity contribution in [2.75, 3.05) is 4.90 Å². The fourth-order valence-corrected chi connectivity index (χ4v) is 13.3. The average Bonchev–Trinajstić information content (AvgIpc) is 3.81. The minimum absolute atomic E-state index is 0.107. The normalized spacial score (nSPS) is 14.5. The second-order valence-corrected chi connectivity index (χ2v) is 19.5. The molecule has 10 aromatic carbocycles. The zero-order valence-electron chi connectivity index (χ0n) is 36.1. The van der Waals surface area contributed by atoms with Crippen LogP contribution in [0.4, 0.5) is 17.1 Å². The lowest BCUT2D eigenvalue weighted by molar-refractivity contribution is 0.660. The lowest BCUT2D eigenvalue weighted by atomic mass is 9.59. The highest BCUT2D eigenvalue weighted by atomic mass is 32.2. The SMILES string of the molecule is CC1(C)c2ccccc2-c2ccc(-n3c4ccccc4c4ccc(N(c5ccccc5)c5ccc6c7c(cccc57)C5(c7ccccc7Sc7ccccc75)c5ccccc5-6)cc43)cc21. The number of aromatic nitrogens is 1. The Bertz CT molecular complexity index is 3750. The highest BCUT2D eigenvalue weighted by Gasteiger charge is 2.48. The van der Waals surface area contributed by atoms with Crippen molar-refractivity contribution in [2.45, 2.75) is 34.5 Å². The van der Waals surface area contributed by atoms with Crippen LogP contribution in [0.25, 0.3) is 60.5 Å². The molecule has 3 heteroatoms. The number of benzene rings is 10. The van der Waals surface area contributed by atoms with Crippen LogP contribution in [0.15, 0.2) is 228 Å². The van der Waals surface area contributed by atoms with Crippen LogP contribution < -0.4 is 4.90 Å². The molecule has 2 nitrogen and oxygen atoms in total. The first kappa shape index (κ1) is 36.8. The Labute approximate surface area is 383 Å². The van der Waals surface area contributed by atoms with Gasteiger partial charge in [0.15, 0.2) is 0 Å². The van der Waals surface area contributed by atoms with E-state index in [0.29, 0.717) is 0 Å². The number of rotatable bonds is 4. The van der Waals surface area contributed by atoms with Crippen LogP contribution in [0, 0.1) is 0 Å². The van der Waals surface area contributed by atoms with Gasteiger partial charge in [0.25, 0.3) is 0 Å². The van der Waals surface area contributed by atoms with Crippen LogP contribution in [0.5, 0.6) is 0 Å². The third-order valence-corrected chi connectivity index (χ3v) is 16.0. The summed E-state index contributed by atoms with van der Waals surface area (Å²) >= 11 is 1.89. The number of nitrogens with zero attached hydrogens (tertiary/aromatic N) is 2. The van der Waals surface area contributed by atoms with Gasteiger partial charge in [0.2, 0.25) is 0 Å². The monoisotopic (exact) mass is 846 g/mol. The molecule has 1 spiro atoms. The van der Waals surface area contributed by atoms with Gasteiger partial charge >= 0.3 is 0 Å². The molecule has 0 atom stereocenters. The molecule has 1 aliphatic heterocycles. The van der Waals surface area contributed by atoms with E-state index in [1.807, 2.05) is 11.8 Å². The molecule has 0 saturated heterocycles. The molecule has 0 N–H and O–H groups in total. The van der Waals surface area contributed by atoms with Crippen LogP contribution in [0.1, 0.15) is 47.2 Å². The summed E-state index contributed by atoms with van der Waals surface area (Å²) in [5.74, 6) is 0. The van der Waals surface area contributed by atoms with Gasteiger partial charge in [-0.25, -0.2) is 0 Å². The second kappa shape index (κ2) is 13.5. The van der Waals surface area contributed by atoms with E-state index in [2.05, 4.69) is 242 Å². The van der Waals surface area contributed by atoms with Gasteiger partial charge in [-0.05, 0) is 122 Å². The summed E-state index contributed by atoms with van der Waals surface area (Å²) < 4.78 is 2.49. The van der Waals surface area contributed by atoms with Crippen molar-refractivity contribution in [1.82, 2.24) is 4.57 Å². The Morgan fingerprint density at radius 2 is 0.969 bits per heavy atom. The van der Waals surface area contributed by atoms with Crippen molar-refractivity contribution in [3.05, 3.63) is 252 Å². The van der Waals surface area contributed by atoms with E-state index in [0.717, 1.165) is 17.1 Å². The van der Waals surface area contributed by atoms with Gasteiger partial charge in [0.1, 0.15) is 0 Å².